The molecule has 3 rings (SSSR count). The van der Waals surface area contributed by atoms with Crippen molar-refractivity contribution in [3.05, 3.63) is 24.3 Å². The molecule has 2 aliphatic rings. The van der Waals surface area contributed by atoms with Crippen molar-refractivity contribution >= 4 is 17.6 Å². The number of urea groups is 1. The number of morpholine rings is 1. The summed E-state index contributed by atoms with van der Waals surface area (Å²) in [6.07, 6.45) is 0.342. The molecule has 2 aliphatic heterocycles. The van der Waals surface area contributed by atoms with Crippen molar-refractivity contribution in [2.45, 2.75) is 32.5 Å². The summed E-state index contributed by atoms with van der Waals surface area (Å²) in [4.78, 5) is 26.7. The van der Waals surface area contributed by atoms with Gasteiger partial charge in [0, 0.05) is 31.4 Å². The molecular weight excluding hydrogens is 334 g/mol. The van der Waals surface area contributed by atoms with Gasteiger partial charge in [0.2, 0.25) is 5.91 Å². The third-order valence-corrected chi connectivity index (χ3v) is 4.79. The van der Waals surface area contributed by atoms with Crippen LogP contribution in [0.4, 0.5) is 10.5 Å². The second-order valence-corrected chi connectivity index (χ2v) is 7.34. The van der Waals surface area contributed by atoms with Crippen LogP contribution in [0.2, 0.25) is 0 Å². The van der Waals surface area contributed by atoms with E-state index in [1.807, 2.05) is 18.2 Å². The van der Waals surface area contributed by atoms with Crippen LogP contribution in [-0.4, -0.2) is 55.8 Å². The summed E-state index contributed by atoms with van der Waals surface area (Å²) in [6, 6.07) is 7.06. The van der Waals surface area contributed by atoms with E-state index >= 15 is 0 Å². The summed E-state index contributed by atoms with van der Waals surface area (Å²) in [5.74, 6) is 0.937. The predicted molar refractivity (Wildman–Crippen MR) is 98.2 cm³/mol. The first-order valence-corrected chi connectivity index (χ1v) is 9.09. The van der Waals surface area contributed by atoms with E-state index in [2.05, 4.69) is 24.5 Å². The fourth-order valence-electron chi connectivity index (χ4n) is 3.44. The van der Waals surface area contributed by atoms with Crippen LogP contribution in [0.1, 0.15) is 20.3 Å². The van der Waals surface area contributed by atoms with E-state index in [-0.39, 0.29) is 30.1 Å². The Bertz CT molecular complexity index is 664. The number of methoxy groups -OCH3 is 1. The number of nitrogens with one attached hydrogen (secondary N) is 2. The minimum absolute atomic E-state index is 0.0289. The minimum Gasteiger partial charge on any atom is -0.497 e. The number of amides is 3. The molecule has 2 fully saturated rings. The highest BCUT2D eigenvalue weighted by atomic mass is 16.5. The molecular formula is C19H27N3O4. The van der Waals surface area contributed by atoms with Gasteiger partial charge in [0.05, 0.1) is 25.2 Å². The van der Waals surface area contributed by atoms with E-state index in [0.29, 0.717) is 43.4 Å². The maximum absolute atomic E-state index is 12.6. The van der Waals surface area contributed by atoms with E-state index in [0.717, 1.165) is 0 Å². The number of fused-ring (bicyclic) bond motifs is 2. The standard InChI is InChI=1S/C19H27N3O4/c1-12(2)9-20-18(23)16-8-15-10-22(11-17(16)26-15)19(24)21-13-5-4-6-14(7-13)25-3/h4-7,12,15-17H,8-11H2,1-3H3,(H,20,23)(H,21,24)/t15-,16+,17-/m0/s1. The molecule has 142 valence electrons. The van der Waals surface area contributed by atoms with Crippen LogP contribution >= 0.6 is 0 Å². The highest BCUT2D eigenvalue weighted by Gasteiger charge is 2.45. The largest absolute Gasteiger partial charge is 0.497 e. The van der Waals surface area contributed by atoms with Gasteiger partial charge in [0.1, 0.15) is 5.75 Å². The van der Waals surface area contributed by atoms with Crippen molar-refractivity contribution < 1.29 is 19.1 Å². The third-order valence-electron chi connectivity index (χ3n) is 4.79. The minimum atomic E-state index is -0.239. The van der Waals surface area contributed by atoms with Gasteiger partial charge in [-0.1, -0.05) is 19.9 Å². The monoisotopic (exact) mass is 361 g/mol. The van der Waals surface area contributed by atoms with Crippen LogP contribution in [0.25, 0.3) is 0 Å². The van der Waals surface area contributed by atoms with Crippen molar-refractivity contribution in [2.24, 2.45) is 11.8 Å². The fraction of sp³-hybridized carbons (Fsp3) is 0.579. The van der Waals surface area contributed by atoms with Gasteiger partial charge in [0.15, 0.2) is 0 Å². The van der Waals surface area contributed by atoms with E-state index in [1.165, 1.54) is 0 Å². The number of rotatable bonds is 5. The van der Waals surface area contributed by atoms with Gasteiger partial charge in [-0.05, 0) is 24.5 Å². The first-order chi connectivity index (χ1) is 12.5. The van der Waals surface area contributed by atoms with Crippen molar-refractivity contribution in [3.63, 3.8) is 0 Å². The Morgan fingerprint density at radius 1 is 1.35 bits per heavy atom. The van der Waals surface area contributed by atoms with E-state index in [4.69, 9.17) is 9.47 Å². The quantitative estimate of drug-likeness (QED) is 0.842. The first kappa shape index (κ1) is 18.5. The molecule has 7 heteroatoms. The molecule has 26 heavy (non-hydrogen) atoms. The number of benzene rings is 1. The Morgan fingerprint density at radius 3 is 2.88 bits per heavy atom. The second kappa shape index (κ2) is 7.95. The number of carbonyl (C=O) groups is 2. The molecule has 2 N–H and O–H groups in total. The molecule has 2 heterocycles. The molecule has 0 saturated carbocycles. The van der Waals surface area contributed by atoms with Crippen LogP contribution in [0.3, 0.4) is 0 Å². The number of anilines is 1. The van der Waals surface area contributed by atoms with Crippen LogP contribution in [-0.2, 0) is 9.53 Å². The van der Waals surface area contributed by atoms with E-state index < -0.39 is 0 Å². The molecule has 0 spiro atoms. The summed E-state index contributed by atoms with van der Waals surface area (Å²) in [7, 11) is 1.59. The van der Waals surface area contributed by atoms with Crippen LogP contribution in [0.5, 0.6) is 5.75 Å². The molecule has 0 unspecified atom stereocenters. The average molecular weight is 361 g/mol. The zero-order valence-corrected chi connectivity index (χ0v) is 15.5. The molecule has 7 nitrogen and oxygen atoms in total. The number of hydrogen-bond donors (Lipinski definition) is 2. The molecule has 1 aromatic rings. The summed E-state index contributed by atoms with van der Waals surface area (Å²) >= 11 is 0. The Balaban J connectivity index is 1.58. The maximum Gasteiger partial charge on any atom is 0.322 e. The maximum atomic E-state index is 12.6. The number of hydrogen-bond acceptors (Lipinski definition) is 4. The molecule has 2 bridgehead atoms. The molecule has 0 aromatic heterocycles. The smallest absolute Gasteiger partial charge is 0.322 e. The molecule has 0 radical (unpaired) electrons. The Morgan fingerprint density at radius 2 is 2.15 bits per heavy atom. The summed E-state index contributed by atoms with van der Waals surface area (Å²) in [6.45, 7) is 5.71. The van der Waals surface area contributed by atoms with Crippen molar-refractivity contribution in [2.75, 3.05) is 32.1 Å². The van der Waals surface area contributed by atoms with Crippen molar-refractivity contribution in [1.82, 2.24) is 10.2 Å². The van der Waals surface area contributed by atoms with Gasteiger partial charge in [-0.15, -0.1) is 0 Å². The lowest BCUT2D eigenvalue weighted by molar-refractivity contribution is -0.127. The zero-order valence-electron chi connectivity index (χ0n) is 15.5. The predicted octanol–water partition coefficient (Wildman–Crippen LogP) is 2.09. The SMILES string of the molecule is COc1cccc(NC(=O)N2C[C@@H]3C[C@@H](C(=O)NCC(C)C)[C@H](C2)O3)c1. The van der Waals surface area contributed by atoms with Crippen LogP contribution in [0.15, 0.2) is 24.3 Å². The normalized spacial score (nSPS) is 24.5. The van der Waals surface area contributed by atoms with Crippen molar-refractivity contribution in [3.8, 4) is 5.75 Å². The number of ether oxygens (including phenoxy) is 2. The summed E-state index contributed by atoms with van der Waals surface area (Å²) in [5, 5.41) is 5.87. The lowest BCUT2D eigenvalue weighted by Gasteiger charge is -2.32. The van der Waals surface area contributed by atoms with Gasteiger partial charge < -0.3 is 25.0 Å². The van der Waals surface area contributed by atoms with Crippen molar-refractivity contribution in [1.29, 1.82) is 0 Å². The van der Waals surface area contributed by atoms with E-state index in [1.54, 1.807) is 18.1 Å². The number of carbonyl (C=O) groups excluding carboxylic acids is 2. The zero-order chi connectivity index (χ0) is 18.7. The Kier molecular flexibility index (Phi) is 5.66. The van der Waals surface area contributed by atoms with Gasteiger partial charge >= 0.3 is 6.03 Å². The Hall–Kier alpha value is -2.28. The molecule has 3 amide bonds. The third kappa shape index (κ3) is 4.27. The van der Waals surface area contributed by atoms with Crippen LogP contribution < -0.4 is 15.4 Å². The second-order valence-electron chi connectivity index (χ2n) is 7.34. The topological polar surface area (TPSA) is 79.9 Å². The van der Waals surface area contributed by atoms with Gasteiger partial charge in [0.25, 0.3) is 0 Å². The average Bonchev–Trinajstić information content (AvgIpc) is 2.93. The molecule has 2 saturated heterocycles. The number of likely N-dealkylation sites (tertiary alicyclic amines) is 1. The lowest BCUT2D eigenvalue weighted by atomic mass is 9.99. The van der Waals surface area contributed by atoms with Gasteiger partial charge in [-0.3, -0.25) is 4.79 Å². The molecule has 1 aromatic carbocycles. The number of nitrogens with zero attached hydrogens (tertiary/aromatic N) is 1. The highest BCUT2D eigenvalue weighted by molar-refractivity contribution is 5.90. The molecule has 3 atom stereocenters. The van der Waals surface area contributed by atoms with Crippen LogP contribution in [0, 0.1) is 11.8 Å². The summed E-state index contributed by atoms with van der Waals surface area (Å²) < 4.78 is 11.1. The molecule has 0 aliphatic carbocycles. The lowest BCUT2D eigenvalue weighted by Crippen LogP contribution is -2.49. The van der Waals surface area contributed by atoms with Gasteiger partial charge in [-0.25, -0.2) is 4.79 Å². The van der Waals surface area contributed by atoms with Gasteiger partial charge in [-0.2, -0.15) is 0 Å². The fourth-order valence-corrected chi connectivity index (χ4v) is 3.44. The first-order valence-electron chi connectivity index (χ1n) is 9.09. The highest BCUT2D eigenvalue weighted by Crippen LogP contribution is 2.32. The van der Waals surface area contributed by atoms with E-state index in [9.17, 15) is 9.59 Å². The summed E-state index contributed by atoms with van der Waals surface area (Å²) in [5.41, 5.74) is 0.680. The Labute approximate surface area is 154 Å².